The highest BCUT2D eigenvalue weighted by Gasteiger charge is 2.23. The lowest BCUT2D eigenvalue weighted by Crippen LogP contribution is -2.35. The number of ether oxygens (including phenoxy) is 2. The van der Waals surface area contributed by atoms with E-state index in [1.54, 1.807) is 0 Å². The van der Waals surface area contributed by atoms with Crippen LogP contribution >= 0.6 is 0 Å². The first-order chi connectivity index (χ1) is 16.8. The number of likely N-dealkylation sites (N-methyl/N-ethyl adjacent to an activating group) is 1. The number of likely N-dealkylation sites (tertiary alicyclic amines) is 1. The summed E-state index contributed by atoms with van der Waals surface area (Å²) in [5.41, 5.74) is 0.856. The lowest BCUT2D eigenvalue weighted by atomic mass is 10.1. The molecule has 0 bridgehead atoms. The highest BCUT2D eigenvalue weighted by Crippen LogP contribution is 2.33. The minimum absolute atomic E-state index is 0.408. The zero-order chi connectivity index (χ0) is 23.2. The van der Waals surface area contributed by atoms with Crippen LogP contribution in [0.15, 0.2) is 18.2 Å². The van der Waals surface area contributed by atoms with Gasteiger partial charge < -0.3 is 25.4 Å². The third-order valence-electron chi connectivity index (χ3n) is 7.02. The van der Waals surface area contributed by atoms with Gasteiger partial charge in [-0.15, -0.1) is 0 Å². The molecule has 9 heteroatoms. The molecule has 2 aromatic rings. The van der Waals surface area contributed by atoms with Crippen LogP contribution in [0, 0.1) is 0 Å². The molecule has 9 nitrogen and oxygen atoms in total. The van der Waals surface area contributed by atoms with E-state index in [-0.39, 0.29) is 0 Å². The minimum atomic E-state index is 0.408. The van der Waals surface area contributed by atoms with E-state index in [1.165, 1.54) is 45.1 Å². The van der Waals surface area contributed by atoms with Gasteiger partial charge in [-0.1, -0.05) is 32.6 Å². The molecule has 0 spiro atoms. The Morgan fingerprint density at radius 2 is 1.65 bits per heavy atom. The maximum atomic E-state index is 5.73. The summed E-state index contributed by atoms with van der Waals surface area (Å²) in [6.07, 6.45) is 9.92. The molecule has 1 saturated carbocycles. The zero-order valence-electron chi connectivity index (χ0n) is 20.2. The van der Waals surface area contributed by atoms with E-state index in [2.05, 4.69) is 32.8 Å². The van der Waals surface area contributed by atoms with E-state index >= 15 is 0 Å². The van der Waals surface area contributed by atoms with Crippen LogP contribution in [0.5, 0.6) is 11.5 Å². The van der Waals surface area contributed by atoms with Gasteiger partial charge in [0, 0.05) is 30.4 Å². The van der Waals surface area contributed by atoms with Gasteiger partial charge in [-0.25, -0.2) is 0 Å². The lowest BCUT2D eigenvalue weighted by molar-refractivity contribution is 0.171. The standard InChI is InChI=1S/C25H37N7O2/c1-2-32-13-7-10-20(32)17-26-23-29-24(27-18-8-5-3-4-6-9-18)31-25(30-23)28-19-11-12-21-22(16-19)34-15-14-33-21/h11-12,16,18,20H,2-10,13-15,17H2,1H3,(H3,26,27,28,29,30,31). The van der Waals surface area contributed by atoms with Gasteiger partial charge in [0.25, 0.3) is 0 Å². The highest BCUT2D eigenvalue weighted by molar-refractivity contribution is 5.61. The Kier molecular flexibility index (Phi) is 7.48. The third kappa shape index (κ3) is 5.81. The number of hydrogen-bond donors (Lipinski definition) is 3. The molecule has 1 atom stereocenters. The first kappa shape index (κ1) is 23.0. The Labute approximate surface area is 202 Å². The minimum Gasteiger partial charge on any atom is -0.486 e. The molecule has 3 heterocycles. The van der Waals surface area contributed by atoms with Crippen LogP contribution in [-0.4, -0.2) is 64.8 Å². The van der Waals surface area contributed by atoms with Crippen LogP contribution in [-0.2, 0) is 0 Å². The zero-order valence-corrected chi connectivity index (χ0v) is 20.2. The van der Waals surface area contributed by atoms with Crippen LogP contribution in [0.4, 0.5) is 23.5 Å². The van der Waals surface area contributed by atoms with Crippen molar-refractivity contribution in [3.8, 4) is 11.5 Å². The van der Waals surface area contributed by atoms with Gasteiger partial charge in [-0.2, -0.15) is 15.0 Å². The van der Waals surface area contributed by atoms with Crippen molar-refractivity contribution in [2.24, 2.45) is 0 Å². The van der Waals surface area contributed by atoms with Crippen LogP contribution in [0.2, 0.25) is 0 Å². The van der Waals surface area contributed by atoms with Crippen LogP contribution in [0.25, 0.3) is 0 Å². The summed E-state index contributed by atoms with van der Waals surface area (Å²) in [5, 5.41) is 10.4. The van der Waals surface area contributed by atoms with Crippen LogP contribution < -0.4 is 25.4 Å². The molecule has 0 amide bonds. The molecule has 2 fully saturated rings. The Hall–Kier alpha value is -2.81. The quantitative estimate of drug-likeness (QED) is 0.488. The first-order valence-corrected chi connectivity index (χ1v) is 12.9. The van der Waals surface area contributed by atoms with E-state index in [0.717, 1.165) is 43.1 Å². The number of nitrogens with zero attached hydrogens (tertiary/aromatic N) is 4. The van der Waals surface area contributed by atoms with Crippen molar-refractivity contribution in [3.05, 3.63) is 18.2 Å². The van der Waals surface area contributed by atoms with Gasteiger partial charge in [0.2, 0.25) is 17.8 Å². The first-order valence-electron chi connectivity index (χ1n) is 12.9. The largest absolute Gasteiger partial charge is 0.486 e. The Bertz CT molecular complexity index is 949. The molecule has 1 aliphatic carbocycles. The van der Waals surface area contributed by atoms with Crippen molar-refractivity contribution in [3.63, 3.8) is 0 Å². The molecule has 3 aliphatic rings. The van der Waals surface area contributed by atoms with Crippen LogP contribution in [0.3, 0.4) is 0 Å². The van der Waals surface area contributed by atoms with E-state index < -0.39 is 0 Å². The summed E-state index contributed by atoms with van der Waals surface area (Å²) in [6.45, 7) is 6.45. The summed E-state index contributed by atoms with van der Waals surface area (Å²) in [6, 6.07) is 6.74. The van der Waals surface area contributed by atoms with E-state index in [1.807, 2.05) is 18.2 Å². The summed E-state index contributed by atoms with van der Waals surface area (Å²) < 4.78 is 11.4. The fraction of sp³-hybridized carbons (Fsp3) is 0.640. The fourth-order valence-corrected chi connectivity index (χ4v) is 5.18. The summed E-state index contributed by atoms with van der Waals surface area (Å²) >= 11 is 0. The van der Waals surface area contributed by atoms with E-state index in [9.17, 15) is 0 Å². The molecular formula is C25H37N7O2. The second kappa shape index (κ2) is 11.1. The van der Waals surface area contributed by atoms with Gasteiger partial charge in [0.1, 0.15) is 13.2 Å². The van der Waals surface area contributed by atoms with E-state index in [4.69, 9.17) is 19.4 Å². The molecule has 0 radical (unpaired) electrons. The number of benzene rings is 1. The molecule has 1 aromatic carbocycles. The van der Waals surface area contributed by atoms with Crippen molar-refractivity contribution in [1.82, 2.24) is 19.9 Å². The second-order valence-corrected chi connectivity index (χ2v) is 9.43. The van der Waals surface area contributed by atoms with Gasteiger partial charge >= 0.3 is 0 Å². The molecule has 1 aromatic heterocycles. The molecule has 1 saturated heterocycles. The Balaban J connectivity index is 1.33. The number of fused-ring (bicyclic) bond motifs is 1. The van der Waals surface area contributed by atoms with Gasteiger partial charge in [0.15, 0.2) is 11.5 Å². The number of aromatic nitrogens is 3. The normalized spacial score (nSPS) is 21.1. The maximum absolute atomic E-state index is 5.73. The summed E-state index contributed by atoms with van der Waals surface area (Å²) in [4.78, 5) is 16.7. The molecule has 3 N–H and O–H groups in total. The molecule has 184 valence electrons. The lowest BCUT2D eigenvalue weighted by Gasteiger charge is -2.23. The number of hydrogen-bond acceptors (Lipinski definition) is 9. The number of nitrogens with one attached hydrogen (secondary N) is 3. The van der Waals surface area contributed by atoms with Crippen molar-refractivity contribution < 1.29 is 9.47 Å². The predicted molar refractivity (Wildman–Crippen MR) is 134 cm³/mol. The smallest absolute Gasteiger partial charge is 0.233 e. The van der Waals surface area contributed by atoms with Crippen molar-refractivity contribution in [2.75, 3.05) is 48.8 Å². The fourth-order valence-electron chi connectivity index (χ4n) is 5.18. The topological polar surface area (TPSA) is 96.5 Å². The molecule has 5 rings (SSSR count). The van der Waals surface area contributed by atoms with Crippen LogP contribution in [0.1, 0.15) is 58.3 Å². The van der Waals surface area contributed by atoms with Gasteiger partial charge in [0.05, 0.1) is 0 Å². The molecule has 2 aliphatic heterocycles. The van der Waals surface area contributed by atoms with Crippen molar-refractivity contribution in [2.45, 2.75) is 70.4 Å². The SMILES string of the molecule is CCN1CCCC1CNc1nc(Nc2ccc3c(c2)OCCO3)nc(NC2CCCCCC2)n1. The van der Waals surface area contributed by atoms with Crippen molar-refractivity contribution in [1.29, 1.82) is 0 Å². The van der Waals surface area contributed by atoms with Gasteiger partial charge in [-0.05, 0) is 50.9 Å². The monoisotopic (exact) mass is 467 g/mol. The second-order valence-electron chi connectivity index (χ2n) is 9.43. The molecular weight excluding hydrogens is 430 g/mol. The average Bonchev–Trinajstić information content (AvgIpc) is 3.17. The maximum Gasteiger partial charge on any atom is 0.233 e. The molecule has 1 unspecified atom stereocenters. The number of rotatable bonds is 8. The molecule has 34 heavy (non-hydrogen) atoms. The van der Waals surface area contributed by atoms with E-state index in [0.29, 0.717) is 43.1 Å². The van der Waals surface area contributed by atoms with Crippen molar-refractivity contribution >= 4 is 23.5 Å². The predicted octanol–water partition coefficient (Wildman–Crippen LogP) is 4.42. The Morgan fingerprint density at radius 3 is 2.47 bits per heavy atom. The number of anilines is 4. The van der Waals surface area contributed by atoms with Gasteiger partial charge in [-0.3, -0.25) is 4.90 Å². The summed E-state index contributed by atoms with van der Waals surface area (Å²) in [5.74, 6) is 3.25. The average molecular weight is 468 g/mol. The summed E-state index contributed by atoms with van der Waals surface area (Å²) in [7, 11) is 0. The Morgan fingerprint density at radius 1 is 0.882 bits per heavy atom. The third-order valence-corrected chi connectivity index (χ3v) is 7.02. The highest BCUT2D eigenvalue weighted by atomic mass is 16.6.